The van der Waals surface area contributed by atoms with Crippen LogP contribution in [-0.4, -0.2) is 19.7 Å². The van der Waals surface area contributed by atoms with Gasteiger partial charge < -0.3 is 4.98 Å². The molecule has 1 N–H and O–H groups in total. The average molecular weight is 162 g/mol. The molecule has 0 amide bonds. The van der Waals surface area contributed by atoms with Crippen molar-refractivity contribution in [2.75, 3.05) is 0 Å². The molecular weight excluding hydrogens is 152 g/mol. The summed E-state index contributed by atoms with van der Waals surface area (Å²) in [6, 6.07) is 0. The fourth-order valence-electron chi connectivity index (χ4n) is 1.32. The van der Waals surface area contributed by atoms with Gasteiger partial charge in [0.1, 0.15) is 0 Å². The fraction of sp³-hybridized carbons (Fsp3) is 0.250. The van der Waals surface area contributed by atoms with Crippen molar-refractivity contribution < 1.29 is 0 Å². The van der Waals surface area contributed by atoms with Crippen LogP contribution in [0.4, 0.5) is 0 Å². The maximum atomic E-state index is 4.14. The molecule has 0 aromatic carbocycles. The van der Waals surface area contributed by atoms with Gasteiger partial charge in [0.15, 0.2) is 0 Å². The van der Waals surface area contributed by atoms with Gasteiger partial charge in [0.2, 0.25) is 0 Å². The molecule has 0 unspecified atom stereocenters. The predicted octanol–water partition coefficient (Wildman–Crippen LogP) is 1.12. The second kappa shape index (κ2) is 2.48. The Balaban J connectivity index is 2.60. The summed E-state index contributed by atoms with van der Waals surface area (Å²) in [5, 5.41) is 4.14. The van der Waals surface area contributed by atoms with Gasteiger partial charge in [-0.15, -0.1) is 0 Å². The van der Waals surface area contributed by atoms with E-state index in [2.05, 4.69) is 15.1 Å². The van der Waals surface area contributed by atoms with E-state index < -0.39 is 0 Å². The maximum absolute atomic E-state index is 4.14. The smallest absolute Gasteiger partial charge is 0.0924 e. The van der Waals surface area contributed by atoms with Crippen LogP contribution < -0.4 is 0 Å². The number of aryl methyl sites for hydroxylation is 2. The third-order valence-electron chi connectivity index (χ3n) is 1.88. The Bertz CT molecular complexity index is 352. The lowest BCUT2D eigenvalue weighted by Crippen LogP contribution is -1.94. The molecule has 62 valence electrons. The zero-order valence-electron chi connectivity index (χ0n) is 7.07. The Morgan fingerprint density at radius 3 is 2.75 bits per heavy atom. The summed E-state index contributed by atoms with van der Waals surface area (Å²) in [6.07, 6.45) is 5.31. The molecule has 2 aromatic rings. The normalized spacial score (nSPS) is 10.5. The van der Waals surface area contributed by atoms with Crippen LogP contribution in [0.5, 0.6) is 0 Å². The minimum Gasteiger partial charge on any atom is -0.343 e. The molecule has 2 aromatic heterocycles. The highest BCUT2D eigenvalue weighted by Crippen LogP contribution is 2.18. The Morgan fingerprint density at radius 2 is 2.25 bits per heavy atom. The predicted molar refractivity (Wildman–Crippen MR) is 45.5 cm³/mol. The van der Waals surface area contributed by atoms with Crippen LogP contribution in [0.1, 0.15) is 5.56 Å². The number of hydrogen-bond donors (Lipinski definition) is 1. The van der Waals surface area contributed by atoms with Crippen LogP contribution in [-0.2, 0) is 7.05 Å². The van der Waals surface area contributed by atoms with Gasteiger partial charge in [-0.2, -0.15) is 5.10 Å². The highest BCUT2D eigenvalue weighted by molar-refractivity contribution is 5.57. The van der Waals surface area contributed by atoms with E-state index in [-0.39, 0.29) is 0 Å². The first-order valence-electron chi connectivity index (χ1n) is 3.76. The Kier molecular flexibility index (Phi) is 1.46. The minimum absolute atomic E-state index is 1.01. The summed E-state index contributed by atoms with van der Waals surface area (Å²) in [5.41, 5.74) is 3.25. The van der Waals surface area contributed by atoms with Gasteiger partial charge in [-0.3, -0.25) is 4.68 Å². The summed E-state index contributed by atoms with van der Waals surface area (Å²) >= 11 is 0. The first-order chi connectivity index (χ1) is 5.79. The van der Waals surface area contributed by atoms with Crippen LogP contribution in [0.3, 0.4) is 0 Å². The standard InChI is InChI=1S/C8H10N4/c1-6-3-11-12(2)8(6)7-4-9-5-10-7/h3-5H,1-2H3,(H,9,10). The first-order valence-corrected chi connectivity index (χ1v) is 3.76. The van der Waals surface area contributed by atoms with Gasteiger partial charge in [-0.05, 0) is 12.5 Å². The van der Waals surface area contributed by atoms with Gasteiger partial charge in [0.05, 0.1) is 30.1 Å². The van der Waals surface area contributed by atoms with E-state index in [1.165, 1.54) is 0 Å². The van der Waals surface area contributed by atoms with Crippen molar-refractivity contribution in [3.05, 3.63) is 24.3 Å². The van der Waals surface area contributed by atoms with Crippen molar-refractivity contribution in [1.29, 1.82) is 0 Å². The minimum atomic E-state index is 1.01. The van der Waals surface area contributed by atoms with Crippen molar-refractivity contribution in [2.45, 2.75) is 6.92 Å². The van der Waals surface area contributed by atoms with E-state index >= 15 is 0 Å². The fourth-order valence-corrected chi connectivity index (χ4v) is 1.32. The van der Waals surface area contributed by atoms with E-state index in [4.69, 9.17) is 0 Å². The molecule has 0 bridgehead atoms. The number of rotatable bonds is 1. The molecular formula is C8H10N4. The maximum Gasteiger partial charge on any atom is 0.0924 e. The number of imidazole rings is 1. The van der Waals surface area contributed by atoms with E-state index in [0.29, 0.717) is 0 Å². The Morgan fingerprint density at radius 1 is 1.42 bits per heavy atom. The van der Waals surface area contributed by atoms with Gasteiger partial charge in [-0.25, -0.2) is 4.98 Å². The molecule has 0 saturated heterocycles. The molecule has 2 rings (SSSR count). The zero-order chi connectivity index (χ0) is 8.55. The summed E-state index contributed by atoms with van der Waals surface area (Å²) in [5.74, 6) is 0. The molecule has 0 radical (unpaired) electrons. The number of aromatic nitrogens is 4. The lowest BCUT2D eigenvalue weighted by molar-refractivity contribution is 0.773. The van der Waals surface area contributed by atoms with Crippen molar-refractivity contribution in [3.8, 4) is 11.4 Å². The monoisotopic (exact) mass is 162 g/mol. The molecule has 0 atom stereocenters. The molecule has 0 aliphatic heterocycles. The largest absolute Gasteiger partial charge is 0.343 e. The highest BCUT2D eigenvalue weighted by Gasteiger charge is 2.07. The topological polar surface area (TPSA) is 46.5 Å². The van der Waals surface area contributed by atoms with Crippen LogP contribution >= 0.6 is 0 Å². The molecule has 4 nitrogen and oxygen atoms in total. The molecule has 0 spiro atoms. The van der Waals surface area contributed by atoms with Gasteiger partial charge in [0.25, 0.3) is 0 Å². The first kappa shape index (κ1) is 7.09. The summed E-state index contributed by atoms with van der Waals surface area (Å²) in [6.45, 7) is 2.03. The number of aromatic amines is 1. The van der Waals surface area contributed by atoms with Crippen LogP contribution in [0.25, 0.3) is 11.4 Å². The van der Waals surface area contributed by atoms with Crippen molar-refractivity contribution in [3.63, 3.8) is 0 Å². The molecule has 0 aliphatic rings. The summed E-state index contributed by atoms with van der Waals surface area (Å²) < 4.78 is 1.84. The summed E-state index contributed by atoms with van der Waals surface area (Å²) in [4.78, 5) is 7.01. The molecule has 0 saturated carbocycles. The number of nitrogens with zero attached hydrogens (tertiary/aromatic N) is 3. The SMILES string of the molecule is Cc1cnn(C)c1-c1cnc[nH]1. The van der Waals surface area contributed by atoms with Crippen LogP contribution in [0.2, 0.25) is 0 Å². The molecule has 0 fully saturated rings. The Labute approximate surface area is 70.3 Å². The van der Waals surface area contributed by atoms with E-state index in [1.807, 2.05) is 24.9 Å². The van der Waals surface area contributed by atoms with Crippen molar-refractivity contribution >= 4 is 0 Å². The van der Waals surface area contributed by atoms with E-state index in [9.17, 15) is 0 Å². The molecule has 2 heterocycles. The quantitative estimate of drug-likeness (QED) is 0.683. The third-order valence-corrected chi connectivity index (χ3v) is 1.88. The Hall–Kier alpha value is -1.58. The zero-order valence-corrected chi connectivity index (χ0v) is 7.07. The lowest BCUT2D eigenvalue weighted by Gasteiger charge is -1.98. The van der Waals surface area contributed by atoms with Gasteiger partial charge >= 0.3 is 0 Å². The second-order valence-electron chi connectivity index (χ2n) is 2.77. The third kappa shape index (κ3) is 0.922. The molecule has 12 heavy (non-hydrogen) atoms. The van der Waals surface area contributed by atoms with Crippen molar-refractivity contribution in [1.82, 2.24) is 19.7 Å². The second-order valence-corrected chi connectivity index (χ2v) is 2.77. The van der Waals surface area contributed by atoms with E-state index in [0.717, 1.165) is 17.0 Å². The van der Waals surface area contributed by atoms with Crippen LogP contribution in [0, 0.1) is 6.92 Å². The highest BCUT2D eigenvalue weighted by atomic mass is 15.3. The lowest BCUT2D eigenvalue weighted by atomic mass is 10.2. The number of nitrogens with one attached hydrogen (secondary N) is 1. The van der Waals surface area contributed by atoms with Gasteiger partial charge in [-0.1, -0.05) is 0 Å². The number of hydrogen-bond acceptors (Lipinski definition) is 2. The van der Waals surface area contributed by atoms with E-state index in [1.54, 1.807) is 12.5 Å². The van der Waals surface area contributed by atoms with Crippen molar-refractivity contribution in [2.24, 2.45) is 7.05 Å². The molecule has 4 heteroatoms. The average Bonchev–Trinajstić information content (AvgIpc) is 2.61. The number of H-pyrrole nitrogens is 1. The van der Waals surface area contributed by atoms with Crippen LogP contribution in [0.15, 0.2) is 18.7 Å². The van der Waals surface area contributed by atoms with Gasteiger partial charge in [0, 0.05) is 7.05 Å². The summed E-state index contributed by atoms with van der Waals surface area (Å²) in [7, 11) is 1.92. The molecule has 0 aliphatic carbocycles.